The van der Waals surface area contributed by atoms with Crippen molar-refractivity contribution in [1.82, 2.24) is 0 Å². The smallest absolute Gasteiger partial charge is 0.161 e. The molecule has 1 aliphatic carbocycles. The number of hydrogen-bond acceptors (Lipinski definition) is 3. The zero-order valence-corrected chi connectivity index (χ0v) is 9.94. The fourth-order valence-corrected chi connectivity index (χ4v) is 3.11. The third-order valence-electron chi connectivity index (χ3n) is 3.02. The Kier molecular flexibility index (Phi) is 2.78. The fourth-order valence-electron chi connectivity index (χ4n) is 1.90. The van der Waals surface area contributed by atoms with Crippen LogP contribution in [0.25, 0.3) is 0 Å². The first kappa shape index (κ1) is 11.0. The topological polar surface area (TPSA) is 24.4 Å². The molecule has 0 radical (unpaired) electrons. The molecule has 1 heterocycles. The third-order valence-corrected chi connectivity index (χ3v) is 4.31. The highest BCUT2D eigenvalue weighted by atomic mass is 32.2. The molecule has 2 aliphatic rings. The molecule has 2 nitrogen and oxygen atoms in total. The van der Waals surface area contributed by atoms with Crippen LogP contribution in [0, 0.1) is 17.6 Å². The van der Waals surface area contributed by atoms with E-state index < -0.39 is 11.6 Å². The predicted molar refractivity (Wildman–Crippen MR) is 66.4 cm³/mol. The molecule has 0 bridgehead atoms. The van der Waals surface area contributed by atoms with Crippen molar-refractivity contribution < 1.29 is 8.78 Å². The highest BCUT2D eigenvalue weighted by Crippen LogP contribution is 2.42. The zero-order chi connectivity index (χ0) is 11.8. The van der Waals surface area contributed by atoms with Crippen molar-refractivity contribution in [2.45, 2.75) is 18.1 Å². The Hall–Kier alpha value is -1.10. The minimum Gasteiger partial charge on any atom is -0.330 e. The first-order valence-electron chi connectivity index (χ1n) is 5.66. The van der Waals surface area contributed by atoms with Gasteiger partial charge in [0.05, 0.1) is 6.54 Å². The lowest BCUT2D eigenvalue weighted by molar-refractivity contribution is 0.591. The van der Waals surface area contributed by atoms with Gasteiger partial charge in [-0.1, -0.05) is 17.8 Å². The van der Waals surface area contributed by atoms with E-state index >= 15 is 0 Å². The molecule has 1 unspecified atom stereocenters. The van der Waals surface area contributed by atoms with E-state index in [0.29, 0.717) is 10.4 Å². The molecule has 1 aliphatic heterocycles. The molecular weight excluding hydrogens is 242 g/mol. The predicted octanol–water partition coefficient (Wildman–Crippen LogP) is 3.26. The van der Waals surface area contributed by atoms with Crippen LogP contribution in [0.3, 0.4) is 0 Å². The van der Waals surface area contributed by atoms with Crippen LogP contribution in [-0.2, 0) is 0 Å². The van der Waals surface area contributed by atoms with Gasteiger partial charge in [-0.05, 0) is 30.9 Å². The molecule has 90 valence electrons. The number of benzene rings is 1. The molecule has 1 atom stereocenters. The lowest BCUT2D eigenvalue weighted by atomic mass is 10.3. The number of nitrogens with one attached hydrogen (secondary N) is 1. The van der Waals surface area contributed by atoms with Gasteiger partial charge in [0, 0.05) is 5.25 Å². The summed E-state index contributed by atoms with van der Waals surface area (Å²) in [6.45, 7) is 0.758. The minimum absolute atomic E-state index is 0.102. The highest BCUT2D eigenvalue weighted by molar-refractivity contribution is 8.15. The molecule has 5 heteroatoms. The lowest BCUT2D eigenvalue weighted by Crippen LogP contribution is -2.11. The zero-order valence-electron chi connectivity index (χ0n) is 9.12. The van der Waals surface area contributed by atoms with Gasteiger partial charge >= 0.3 is 0 Å². The molecule has 1 fully saturated rings. The molecule has 1 aromatic carbocycles. The van der Waals surface area contributed by atoms with E-state index in [9.17, 15) is 8.78 Å². The number of thioether (sulfide) groups is 1. The van der Waals surface area contributed by atoms with Gasteiger partial charge in [0.25, 0.3) is 0 Å². The molecule has 17 heavy (non-hydrogen) atoms. The SMILES string of the molecule is Fc1cccc(F)c1NC1=NCC(C2CC2)S1. The van der Waals surface area contributed by atoms with E-state index in [1.54, 1.807) is 11.8 Å². The number of rotatable bonds is 2. The summed E-state index contributed by atoms with van der Waals surface area (Å²) < 4.78 is 26.8. The average Bonchev–Trinajstić information content (AvgIpc) is 3.05. The maximum absolute atomic E-state index is 13.4. The Morgan fingerprint density at radius 3 is 2.59 bits per heavy atom. The summed E-state index contributed by atoms with van der Waals surface area (Å²) in [5, 5.41) is 3.88. The quantitative estimate of drug-likeness (QED) is 0.876. The van der Waals surface area contributed by atoms with Crippen molar-refractivity contribution >= 4 is 22.6 Å². The largest absolute Gasteiger partial charge is 0.330 e. The fraction of sp³-hybridized carbons (Fsp3) is 0.417. The van der Waals surface area contributed by atoms with E-state index in [2.05, 4.69) is 10.3 Å². The summed E-state index contributed by atoms with van der Waals surface area (Å²) >= 11 is 1.60. The monoisotopic (exact) mass is 254 g/mol. The van der Waals surface area contributed by atoms with Crippen LogP contribution >= 0.6 is 11.8 Å². The van der Waals surface area contributed by atoms with Gasteiger partial charge in [-0.25, -0.2) is 8.78 Å². The maximum atomic E-state index is 13.4. The van der Waals surface area contributed by atoms with Gasteiger partial charge in [0.15, 0.2) is 5.17 Å². The Balaban J connectivity index is 1.71. The van der Waals surface area contributed by atoms with E-state index in [0.717, 1.165) is 12.5 Å². The number of hydrogen-bond donors (Lipinski definition) is 1. The third kappa shape index (κ3) is 2.29. The van der Waals surface area contributed by atoms with E-state index in [1.165, 1.54) is 31.0 Å². The van der Waals surface area contributed by atoms with E-state index in [1.807, 2.05) is 0 Å². The van der Waals surface area contributed by atoms with Crippen molar-refractivity contribution in [1.29, 1.82) is 0 Å². The van der Waals surface area contributed by atoms with Crippen LogP contribution in [0.1, 0.15) is 12.8 Å². The highest BCUT2D eigenvalue weighted by Gasteiger charge is 2.35. The lowest BCUT2D eigenvalue weighted by Gasteiger charge is -2.09. The minimum atomic E-state index is -0.580. The Morgan fingerprint density at radius 1 is 1.24 bits per heavy atom. The normalized spacial score (nSPS) is 23.6. The Labute approximate surface area is 103 Å². The number of aliphatic imine (C=N–C) groups is 1. The molecule has 0 saturated heterocycles. The average molecular weight is 254 g/mol. The van der Waals surface area contributed by atoms with Crippen molar-refractivity contribution in [2.24, 2.45) is 10.9 Å². The number of nitrogens with zero attached hydrogens (tertiary/aromatic N) is 1. The molecule has 1 aromatic rings. The van der Waals surface area contributed by atoms with Crippen LogP contribution in [0.4, 0.5) is 14.5 Å². The number of amidine groups is 1. The van der Waals surface area contributed by atoms with Gasteiger partial charge in [-0.3, -0.25) is 4.99 Å². The Bertz CT molecular complexity index is 451. The number of para-hydroxylation sites is 1. The molecular formula is C12H12F2N2S. The molecule has 0 spiro atoms. The maximum Gasteiger partial charge on any atom is 0.161 e. The molecule has 1 N–H and O–H groups in total. The summed E-state index contributed by atoms with van der Waals surface area (Å²) in [5.41, 5.74) is -0.102. The standard InChI is InChI=1S/C12H12F2N2S/c13-8-2-1-3-9(14)11(8)16-12-15-6-10(17-12)7-4-5-7/h1-3,7,10H,4-6H2,(H,15,16). The van der Waals surface area contributed by atoms with E-state index in [-0.39, 0.29) is 5.69 Å². The van der Waals surface area contributed by atoms with Gasteiger partial charge in [-0.15, -0.1) is 0 Å². The van der Waals surface area contributed by atoms with Crippen LogP contribution in [0.2, 0.25) is 0 Å². The van der Waals surface area contributed by atoms with Crippen LogP contribution in [-0.4, -0.2) is 17.0 Å². The van der Waals surface area contributed by atoms with Crippen LogP contribution < -0.4 is 5.32 Å². The summed E-state index contributed by atoms with van der Waals surface area (Å²) in [7, 11) is 0. The van der Waals surface area contributed by atoms with Crippen molar-refractivity contribution in [3.05, 3.63) is 29.8 Å². The second-order valence-corrected chi connectivity index (χ2v) is 5.59. The second kappa shape index (κ2) is 4.29. The van der Waals surface area contributed by atoms with Crippen molar-refractivity contribution in [3.8, 4) is 0 Å². The summed E-state index contributed by atoms with van der Waals surface area (Å²) in [4.78, 5) is 4.29. The van der Waals surface area contributed by atoms with Gasteiger partial charge in [0.2, 0.25) is 0 Å². The Morgan fingerprint density at radius 2 is 1.94 bits per heavy atom. The van der Waals surface area contributed by atoms with Crippen molar-refractivity contribution in [2.75, 3.05) is 11.9 Å². The number of halogens is 2. The van der Waals surface area contributed by atoms with Gasteiger partial charge in [-0.2, -0.15) is 0 Å². The van der Waals surface area contributed by atoms with Crippen molar-refractivity contribution in [3.63, 3.8) is 0 Å². The first-order chi connectivity index (χ1) is 8.24. The molecule has 0 amide bonds. The summed E-state index contributed by atoms with van der Waals surface area (Å²) in [5.74, 6) is -0.417. The molecule has 1 saturated carbocycles. The summed E-state index contributed by atoms with van der Waals surface area (Å²) in [6, 6.07) is 3.83. The first-order valence-corrected chi connectivity index (χ1v) is 6.54. The number of anilines is 1. The van der Waals surface area contributed by atoms with Crippen LogP contribution in [0.15, 0.2) is 23.2 Å². The van der Waals surface area contributed by atoms with Crippen LogP contribution in [0.5, 0.6) is 0 Å². The second-order valence-electron chi connectivity index (χ2n) is 4.36. The van der Waals surface area contributed by atoms with E-state index in [4.69, 9.17) is 0 Å². The van der Waals surface area contributed by atoms with Gasteiger partial charge < -0.3 is 5.32 Å². The molecule has 0 aromatic heterocycles. The molecule has 3 rings (SSSR count). The summed E-state index contributed by atoms with van der Waals surface area (Å²) in [6.07, 6.45) is 2.52. The van der Waals surface area contributed by atoms with Gasteiger partial charge in [0.1, 0.15) is 17.3 Å².